The molecule has 0 saturated heterocycles. The number of ether oxygens (including phenoxy) is 2. The summed E-state index contributed by atoms with van der Waals surface area (Å²) in [5.41, 5.74) is 6.00. The van der Waals surface area contributed by atoms with Crippen LogP contribution >= 0.6 is 0 Å². The Bertz CT molecular complexity index is 1860. The van der Waals surface area contributed by atoms with E-state index in [-0.39, 0.29) is 35.3 Å². The molecule has 0 spiro atoms. The van der Waals surface area contributed by atoms with E-state index in [4.69, 9.17) is 14.9 Å². The second kappa shape index (κ2) is 12.9. The highest BCUT2D eigenvalue weighted by Crippen LogP contribution is 2.64. The van der Waals surface area contributed by atoms with Crippen molar-refractivity contribution in [1.82, 2.24) is 0 Å². The summed E-state index contributed by atoms with van der Waals surface area (Å²) in [6.45, 7) is 8.56. The fourth-order valence-electron chi connectivity index (χ4n) is 13.2. The molecule has 5 saturated carbocycles. The number of benzene rings is 2. The van der Waals surface area contributed by atoms with Gasteiger partial charge >= 0.3 is 11.9 Å². The van der Waals surface area contributed by atoms with Crippen molar-refractivity contribution in [3.05, 3.63) is 70.8 Å². The average Bonchev–Trinajstić information content (AvgIpc) is 3.76. The molecule has 0 aromatic heterocycles. The third kappa shape index (κ3) is 5.52. The Morgan fingerprint density at radius 2 is 1.43 bits per heavy atom. The minimum absolute atomic E-state index is 0.123. The Kier molecular flexibility index (Phi) is 8.62. The van der Waals surface area contributed by atoms with Crippen molar-refractivity contribution in [1.29, 1.82) is 5.41 Å². The van der Waals surface area contributed by atoms with Crippen molar-refractivity contribution in [2.75, 3.05) is 0 Å². The van der Waals surface area contributed by atoms with Crippen molar-refractivity contribution in [3.8, 4) is 11.5 Å². The average molecular weight is 720 g/mol. The van der Waals surface area contributed by atoms with Crippen LogP contribution in [0.3, 0.4) is 0 Å². The van der Waals surface area contributed by atoms with Crippen molar-refractivity contribution >= 4 is 17.7 Å². The molecule has 7 aliphatic carbocycles. The molecule has 282 valence electrons. The van der Waals surface area contributed by atoms with Gasteiger partial charge in [-0.05, 0) is 185 Å². The van der Waals surface area contributed by atoms with E-state index in [1.165, 1.54) is 22.3 Å². The van der Waals surface area contributed by atoms with E-state index in [0.717, 1.165) is 82.6 Å². The van der Waals surface area contributed by atoms with E-state index >= 15 is 0 Å². The van der Waals surface area contributed by atoms with Gasteiger partial charge in [-0.25, -0.2) is 0 Å². The standard InChI is InChI=1S/C46H57NO6/c1-26(2)46-20-18-33-31-12-8-29(23-27(31)6-10-34(33)38(46)15-17-41(46)49)52-42(50)5-4-19-45(21-22-45)43(51)53-30-9-13-32-28(24-30)7-11-35-36(32)25-39(47)44(3)37(35)14-16-40(44)48/h8-9,12-13,23-24,33-38,40-41,47-49H,1,4-7,10-11,14-22,25H2,2-3H3/t33?,34?,35?,36?,37?,38?,40-,41-,44+,46+/m0/s1. The molecule has 9 rings (SSSR count). The monoisotopic (exact) mass is 719 g/mol. The van der Waals surface area contributed by atoms with Gasteiger partial charge in [-0.15, -0.1) is 0 Å². The largest absolute Gasteiger partial charge is 0.427 e. The van der Waals surface area contributed by atoms with E-state index in [9.17, 15) is 19.8 Å². The van der Waals surface area contributed by atoms with Crippen LogP contribution in [0.4, 0.5) is 0 Å². The number of fused-ring (bicyclic) bond motifs is 10. The molecule has 0 radical (unpaired) electrons. The number of aliphatic hydroxyl groups is 2. The topological polar surface area (TPSA) is 117 Å². The van der Waals surface area contributed by atoms with Crippen LogP contribution in [0, 0.1) is 45.3 Å². The van der Waals surface area contributed by atoms with Crippen LogP contribution in [0.5, 0.6) is 11.5 Å². The van der Waals surface area contributed by atoms with E-state index < -0.39 is 11.5 Å². The van der Waals surface area contributed by atoms with Crippen LogP contribution in [-0.4, -0.2) is 40.1 Å². The normalized spacial score (nSPS) is 37.2. The van der Waals surface area contributed by atoms with Gasteiger partial charge < -0.3 is 25.1 Å². The highest BCUT2D eigenvalue weighted by atomic mass is 16.5. The number of aryl methyl sites for hydroxylation is 2. The molecule has 10 atom stereocenters. The van der Waals surface area contributed by atoms with Gasteiger partial charge in [-0.1, -0.05) is 31.2 Å². The summed E-state index contributed by atoms with van der Waals surface area (Å²) in [5, 5.41) is 30.7. The van der Waals surface area contributed by atoms with Gasteiger partial charge in [0.2, 0.25) is 0 Å². The van der Waals surface area contributed by atoms with Crippen LogP contribution in [0.25, 0.3) is 0 Å². The molecule has 7 aliphatic rings. The Labute approximate surface area is 314 Å². The second-order valence-electron chi connectivity index (χ2n) is 18.6. The van der Waals surface area contributed by atoms with Gasteiger partial charge in [-0.2, -0.15) is 0 Å². The van der Waals surface area contributed by atoms with E-state index in [0.29, 0.717) is 72.0 Å². The van der Waals surface area contributed by atoms with Crippen molar-refractivity contribution < 1.29 is 29.3 Å². The molecule has 5 fully saturated rings. The second-order valence-corrected chi connectivity index (χ2v) is 18.6. The Morgan fingerprint density at radius 3 is 2.11 bits per heavy atom. The Balaban J connectivity index is 0.780. The fourth-order valence-corrected chi connectivity index (χ4v) is 13.2. The lowest BCUT2D eigenvalue weighted by atomic mass is 9.53. The summed E-state index contributed by atoms with van der Waals surface area (Å²) >= 11 is 0. The molecule has 53 heavy (non-hydrogen) atoms. The summed E-state index contributed by atoms with van der Waals surface area (Å²) in [5.74, 6) is 3.42. The number of carbonyl (C=O) groups is 2. The van der Waals surface area contributed by atoms with Gasteiger partial charge in [0.25, 0.3) is 0 Å². The number of hydrogen-bond donors (Lipinski definition) is 3. The SMILES string of the molecule is C=C(C)[C@]12CCC3c4ccc(OC(=O)CCCC5(C(=O)Oc6ccc7c(c6)CCC6C7CC(=N)[C@@]7(C)C6CC[C@@H]7O)CC5)cc4CCC3C1CC[C@@H]2O. The first kappa shape index (κ1) is 35.4. The highest BCUT2D eigenvalue weighted by molar-refractivity contribution is 5.90. The van der Waals surface area contributed by atoms with Crippen LogP contribution in [0.2, 0.25) is 0 Å². The third-order valence-corrected chi connectivity index (χ3v) is 16.3. The molecule has 0 aliphatic heterocycles. The molecule has 0 amide bonds. The molecule has 0 bridgehead atoms. The van der Waals surface area contributed by atoms with E-state index in [1.807, 2.05) is 18.2 Å². The lowest BCUT2D eigenvalue weighted by molar-refractivity contribution is -0.141. The molecular formula is C46H57NO6. The number of rotatable bonds is 8. The van der Waals surface area contributed by atoms with Crippen molar-refractivity contribution in [2.45, 2.75) is 141 Å². The van der Waals surface area contributed by atoms with Crippen LogP contribution in [0.1, 0.15) is 138 Å². The molecule has 6 unspecified atom stereocenters. The molecule has 7 nitrogen and oxygen atoms in total. The van der Waals surface area contributed by atoms with Crippen molar-refractivity contribution in [3.63, 3.8) is 0 Å². The smallest absolute Gasteiger partial charge is 0.317 e. The molecule has 2 aromatic carbocycles. The van der Waals surface area contributed by atoms with Crippen molar-refractivity contribution in [2.24, 2.45) is 39.9 Å². The molecular weight excluding hydrogens is 663 g/mol. The summed E-state index contributed by atoms with van der Waals surface area (Å²) in [6, 6.07) is 12.3. The molecule has 0 heterocycles. The quantitative estimate of drug-likeness (QED) is 0.143. The Hall–Kier alpha value is -3.29. The van der Waals surface area contributed by atoms with Gasteiger partial charge in [0.1, 0.15) is 11.5 Å². The molecule has 3 N–H and O–H groups in total. The number of esters is 2. The first-order valence-corrected chi connectivity index (χ1v) is 20.7. The molecule has 2 aromatic rings. The highest BCUT2D eigenvalue weighted by Gasteiger charge is 2.59. The van der Waals surface area contributed by atoms with Gasteiger partial charge in [-0.3, -0.25) is 9.59 Å². The lowest BCUT2D eigenvalue weighted by Crippen LogP contribution is -2.50. The van der Waals surface area contributed by atoms with Crippen LogP contribution in [0.15, 0.2) is 48.6 Å². The first-order valence-electron chi connectivity index (χ1n) is 20.7. The zero-order valence-corrected chi connectivity index (χ0v) is 31.6. The predicted octanol–water partition coefficient (Wildman–Crippen LogP) is 8.77. The van der Waals surface area contributed by atoms with Gasteiger partial charge in [0.05, 0.1) is 17.6 Å². The summed E-state index contributed by atoms with van der Waals surface area (Å²) in [6.07, 6.45) is 12.9. The maximum absolute atomic E-state index is 13.5. The maximum Gasteiger partial charge on any atom is 0.317 e. The van der Waals surface area contributed by atoms with Gasteiger partial charge in [0.15, 0.2) is 0 Å². The fraction of sp³-hybridized carbons (Fsp3) is 0.630. The summed E-state index contributed by atoms with van der Waals surface area (Å²) < 4.78 is 11.9. The zero-order chi connectivity index (χ0) is 36.9. The van der Waals surface area contributed by atoms with Gasteiger partial charge in [0, 0.05) is 23.0 Å². The predicted molar refractivity (Wildman–Crippen MR) is 203 cm³/mol. The summed E-state index contributed by atoms with van der Waals surface area (Å²) in [4.78, 5) is 26.4. The Morgan fingerprint density at radius 1 is 0.811 bits per heavy atom. The first-order chi connectivity index (χ1) is 25.4. The van der Waals surface area contributed by atoms with E-state index in [2.05, 4.69) is 38.6 Å². The zero-order valence-electron chi connectivity index (χ0n) is 31.6. The number of hydrogen-bond acceptors (Lipinski definition) is 7. The van der Waals surface area contributed by atoms with Crippen LogP contribution in [-0.2, 0) is 22.4 Å². The maximum atomic E-state index is 13.5. The number of carbonyl (C=O) groups excluding carboxylic acids is 2. The third-order valence-electron chi connectivity index (χ3n) is 16.3. The minimum Gasteiger partial charge on any atom is -0.427 e. The van der Waals surface area contributed by atoms with Crippen LogP contribution < -0.4 is 9.47 Å². The van der Waals surface area contributed by atoms with E-state index in [1.54, 1.807) is 0 Å². The summed E-state index contributed by atoms with van der Waals surface area (Å²) in [7, 11) is 0. The number of nitrogens with one attached hydrogen (secondary N) is 1. The number of aliphatic hydroxyl groups excluding tert-OH is 2. The lowest BCUT2D eigenvalue weighted by Gasteiger charge is -2.52. The minimum atomic E-state index is -0.521. The molecule has 7 heteroatoms.